The van der Waals surface area contributed by atoms with Gasteiger partial charge in [-0.1, -0.05) is 0 Å². The van der Waals surface area contributed by atoms with Crippen molar-refractivity contribution < 1.29 is 17.9 Å². The number of H-pyrrole nitrogens is 1. The van der Waals surface area contributed by atoms with Crippen LogP contribution in [0.3, 0.4) is 0 Å². The van der Waals surface area contributed by atoms with Crippen molar-refractivity contribution in [3.8, 4) is 11.5 Å². The standard InChI is InChI=1S/C19H22N4O4S/c1-26-13-3-4-16(15(11-13)27-2)28(24,25)17-5-6-21-18-14(12-22-19(17)18)23-9-7-20-8-10-23/h3-6,11-12,20,22H,7-10H2,1-2H3. The molecule has 9 heteroatoms. The molecule has 0 atom stereocenters. The van der Waals surface area contributed by atoms with Crippen LogP contribution >= 0.6 is 0 Å². The van der Waals surface area contributed by atoms with Crippen molar-refractivity contribution in [3.63, 3.8) is 0 Å². The van der Waals surface area contributed by atoms with Gasteiger partial charge in [-0.25, -0.2) is 8.42 Å². The molecule has 1 fully saturated rings. The number of methoxy groups -OCH3 is 2. The van der Waals surface area contributed by atoms with Crippen LogP contribution < -0.4 is 19.7 Å². The zero-order valence-electron chi connectivity index (χ0n) is 15.7. The van der Waals surface area contributed by atoms with E-state index < -0.39 is 9.84 Å². The number of sulfone groups is 1. The van der Waals surface area contributed by atoms with Crippen LogP contribution in [-0.4, -0.2) is 58.8 Å². The minimum Gasteiger partial charge on any atom is -0.497 e. The van der Waals surface area contributed by atoms with E-state index in [9.17, 15) is 8.42 Å². The Morgan fingerprint density at radius 2 is 1.86 bits per heavy atom. The predicted octanol–water partition coefficient (Wildman–Crippen LogP) is 1.82. The number of nitrogens with one attached hydrogen (secondary N) is 2. The number of anilines is 1. The summed E-state index contributed by atoms with van der Waals surface area (Å²) in [5, 5.41) is 3.31. The molecule has 1 aliphatic heterocycles. The van der Waals surface area contributed by atoms with E-state index in [1.807, 2.05) is 6.20 Å². The summed E-state index contributed by atoms with van der Waals surface area (Å²) in [5.74, 6) is 0.759. The van der Waals surface area contributed by atoms with E-state index in [1.165, 1.54) is 32.5 Å². The summed E-state index contributed by atoms with van der Waals surface area (Å²) in [7, 11) is -0.876. The highest BCUT2D eigenvalue weighted by atomic mass is 32.2. The second-order valence-electron chi connectivity index (χ2n) is 6.46. The topological polar surface area (TPSA) is 96.5 Å². The van der Waals surface area contributed by atoms with E-state index in [0.29, 0.717) is 16.8 Å². The number of ether oxygens (including phenoxy) is 2. The van der Waals surface area contributed by atoms with Crippen LogP contribution in [0.2, 0.25) is 0 Å². The summed E-state index contributed by atoms with van der Waals surface area (Å²) in [6.07, 6.45) is 3.36. The molecule has 4 rings (SSSR count). The van der Waals surface area contributed by atoms with Crippen LogP contribution in [0, 0.1) is 0 Å². The third-order valence-corrected chi connectivity index (χ3v) is 6.75. The minimum absolute atomic E-state index is 0.0848. The number of piperazine rings is 1. The summed E-state index contributed by atoms with van der Waals surface area (Å²) in [6, 6.07) is 6.18. The van der Waals surface area contributed by atoms with E-state index in [-0.39, 0.29) is 15.5 Å². The van der Waals surface area contributed by atoms with Crippen molar-refractivity contribution in [1.29, 1.82) is 0 Å². The minimum atomic E-state index is -3.83. The number of fused-ring (bicyclic) bond motifs is 1. The molecule has 1 saturated heterocycles. The first-order valence-corrected chi connectivity index (χ1v) is 10.4. The van der Waals surface area contributed by atoms with Crippen molar-refractivity contribution in [2.24, 2.45) is 0 Å². The van der Waals surface area contributed by atoms with Crippen molar-refractivity contribution in [1.82, 2.24) is 15.3 Å². The molecule has 3 heterocycles. The molecule has 8 nitrogen and oxygen atoms in total. The molecular weight excluding hydrogens is 380 g/mol. The number of rotatable bonds is 5. The van der Waals surface area contributed by atoms with Crippen molar-refractivity contribution in [3.05, 3.63) is 36.7 Å². The van der Waals surface area contributed by atoms with Crippen LogP contribution in [0.25, 0.3) is 11.0 Å². The Hall–Kier alpha value is -2.78. The molecule has 1 aromatic carbocycles. The molecule has 0 amide bonds. The second kappa shape index (κ2) is 7.33. The molecular formula is C19H22N4O4S. The lowest BCUT2D eigenvalue weighted by Gasteiger charge is -2.28. The SMILES string of the molecule is COc1ccc(S(=O)(=O)c2ccnc3c(N4CCNCC4)c[nH]c23)c(OC)c1. The van der Waals surface area contributed by atoms with Crippen LogP contribution in [0.15, 0.2) is 46.5 Å². The summed E-state index contributed by atoms with van der Waals surface area (Å²) in [5.41, 5.74) is 2.06. The fraction of sp³-hybridized carbons (Fsp3) is 0.316. The number of hydrogen-bond donors (Lipinski definition) is 2. The number of aromatic nitrogens is 2. The zero-order chi connectivity index (χ0) is 19.7. The maximum absolute atomic E-state index is 13.4. The molecule has 3 aromatic rings. The van der Waals surface area contributed by atoms with Crippen molar-refractivity contribution >= 4 is 26.6 Å². The molecule has 0 saturated carbocycles. The van der Waals surface area contributed by atoms with E-state index >= 15 is 0 Å². The summed E-state index contributed by atoms with van der Waals surface area (Å²) in [4.78, 5) is 10.0. The van der Waals surface area contributed by atoms with E-state index in [1.54, 1.807) is 12.1 Å². The van der Waals surface area contributed by atoms with Crippen LogP contribution in [-0.2, 0) is 9.84 Å². The van der Waals surface area contributed by atoms with Gasteiger partial charge in [-0.05, 0) is 18.2 Å². The van der Waals surface area contributed by atoms with E-state index in [2.05, 4.69) is 20.2 Å². The average Bonchev–Trinajstić information content (AvgIpc) is 3.18. The van der Waals surface area contributed by atoms with Crippen LogP contribution in [0.4, 0.5) is 5.69 Å². The molecule has 0 spiro atoms. The molecule has 28 heavy (non-hydrogen) atoms. The smallest absolute Gasteiger partial charge is 0.212 e. The molecule has 0 aliphatic carbocycles. The molecule has 0 bridgehead atoms. The lowest BCUT2D eigenvalue weighted by Crippen LogP contribution is -2.43. The largest absolute Gasteiger partial charge is 0.497 e. The summed E-state index contributed by atoms with van der Waals surface area (Å²) >= 11 is 0. The van der Waals surface area contributed by atoms with Gasteiger partial charge in [-0.3, -0.25) is 4.98 Å². The van der Waals surface area contributed by atoms with Gasteiger partial charge in [-0.2, -0.15) is 0 Å². The Morgan fingerprint density at radius 3 is 2.57 bits per heavy atom. The first-order valence-electron chi connectivity index (χ1n) is 8.95. The molecule has 0 unspecified atom stereocenters. The Morgan fingerprint density at radius 1 is 1.07 bits per heavy atom. The molecule has 2 N–H and O–H groups in total. The number of benzene rings is 1. The van der Waals surface area contributed by atoms with Gasteiger partial charge in [0, 0.05) is 44.6 Å². The van der Waals surface area contributed by atoms with Gasteiger partial charge in [0.1, 0.15) is 21.9 Å². The summed E-state index contributed by atoms with van der Waals surface area (Å²) in [6.45, 7) is 3.46. The Kier molecular flexibility index (Phi) is 4.86. The molecule has 1 aliphatic rings. The molecule has 148 valence electrons. The lowest BCUT2D eigenvalue weighted by atomic mass is 10.3. The van der Waals surface area contributed by atoms with Gasteiger partial charge >= 0.3 is 0 Å². The van der Waals surface area contributed by atoms with Gasteiger partial charge in [0.25, 0.3) is 0 Å². The average molecular weight is 402 g/mol. The fourth-order valence-corrected chi connectivity index (χ4v) is 5.03. The van der Waals surface area contributed by atoms with Gasteiger partial charge in [0.2, 0.25) is 9.84 Å². The van der Waals surface area contributed by atoms with Gasteiger partial charge < -0.3 is 24.7 Å². The van der Waals surface area contributed by atoms with E-state index in [0.717, 1.165) is 31.9 Å². The first-order chi connectivity index (χ1) is 13.6. The van der Waals surface area contributed by atoms with Crippen LogP contribution in [0.1, 0.15) is 0 Å². The number of pyridine rings is 1. The predicted molar refractivity (Wildman–Crippen MR) is 106 cm³/mol. The van der Waals surface area contributed by atoms with Gasteiger partial charge in [0.15, 0.2) is 0 Å². The van der Waals surface area contributed by atoms with E-state index in [4.69, 9.17) is 9.47 Å². The van der Waals surface area contributed by atoms with Gasteiger partial charge in [0.05, 0.1) is 30.3 Å². The van der Waals surface area contributed by atoms with Gasteiger partial charge in [-0.15, -0.1) is 0 Å². The fourth-order valence-electron chi connectivity index (χ4n) is 3.47. The maximum atomic E-state index is 13.4. The zero-order valence-corrected chi connectivity index (χ0v) is 16.5. The summed E-state index contributed by atoms with van der Waals surface area (Å²) < 4.78 is 37.3. The Balaban J connectivity index is 1.84. The first kappa shape index (κ1) is 18.6. The highest BCUT2D eigenvalue weighted by Crippen LogP contribution is 2.36. The molecule has 2 aromatic heterocycles. The highest BCUT2D eigenvalue weighted by Gasteiger charge is 2.27. The third-order valence-electron chi connectivity index (χ3n) is 4.92. The molecule has 0 radical (unpaired) electrons. The van der Waals surface area contributed by atoms with Crippen LogP contribution in [0.5, 0.6) is 11.5 Å². The Bertz CT molecular complexity index is 1100. The normalized spacial score (nSPS) is 15.0. The lowest BCUT2D eigenvalue weighted by molar-refractivity contribution is 0.386. The third kappa shape index (κ3) is 3.06. The monoisotopic (exact) mass is 402 g/mol. The quantitative estimate of drug-likeness (QED) is 0.672. The number of hydrogen-bond acceptors (Lipinski definition) is 7. The van der Waals surface area contributed by atoms with Crippen molar-refractivity contribution in [2.45, 2.75) is 9.79 Å². The second-order valence-corrected chi connectivity index (χ2v) is 8.35. The highest BCUT2D eigenvalue weighted by molar-refractivity contribution is 7.91. The maximum Gasteiger partial charge on any atom is 0.212 e. The number of nitrogens with zero attached hydrogens (tertiary/aromatic N) is 2. The Labute approximate surface area is 163 Å². The van der Waals surface area contributed by atoms with Crippen molar-refractivity contribution in [2.75, 3.05) is 45.3 Å². The number of aromatic amines is 1.